The van der Waals surface area contributed by atoms with E-state index in [-0.39, 0.29) is 6.20 Å². The van der Waals surface area contributed by atoms with Crippen molar-refractivity contribution < 1.29 is 35.5 Å². The summed E-state index contributed by atoms with van der Waals surface area (Å²) in [7, 11) is 0. The van der Waals surface area contributed by atoms with Gasteiger partial charge in [0.25, 0.3) is 0 Å². The first-order valence-electron chi connectivity index (χ1n) is 4.12. The van der Waals surface area contributed by atoms with Gasteiger partial charge in [0.15, 0.2) is 5.75 Å². The Morgan fingerprint density at radius 1 is 1.17 bits per heavy atom. The van der Waals surface area contributed by atoms with E-state index in [2.05, 4.69) is 25.7 Å². The summed E-state index contributed by atoms with van der Waals surface area (Å²) in [6, 6.07) is 0. The molecule has 0 fully saturated rings. The molecular weight excluding hydrogens is 339 g/mol. The zero-order valence-corrected chi connectivity index (χ0v) is 9.75. The highest BCUT2D eigenvalue weighted by Crippen LogP contribution is 2.41. The maximum atomic E-state index is 13.0. The summed E-state index contributed by atoms with van der Waals surface area (Å²) in [4.78, 5) is 2.74. The number of ether oxygens (including phenoxy) is 1. The summed E-state index contributed by atoms with van der Waals surface area (Å²) in [5, 5.41) is -0.610. The molecule has 102 valence electrons. The van der Waals surface area contributed by atoms with E-state index in [0.29, 0.717) is 0 Å². The minimum absolute atomic E-state index is 0.0530. The fraction of sp³-hybridized carbons (Fsp3) is 0.375. The van der Waals surface area contributed by atoms with E-state index in [4.69, 9.17) is 0 Å². The van der Waals surface area contributed by atoms with E-state index >= 15 is 0 Å². The Kier molecular flexibility index (Phi) is 4.08. The van der Waals surface area contributed by atoms with Crippen molar-refractivity contribution in [1.29, 1.82) is 0 Å². The van der Waals surface area contributed by atoms with Gasteiger partial charge in [-0.25, -0.2) is 4.98 Å². The van der Waals surface area contributed by atoms with Crippen molar-refractivity contribution in [3.8, 4) is 5.75 Å². The number of hydrogen-bond donors (Lipinski definition) is 0. The van der Waals surface area contributed by atoms with Gasteiger partial charge < -0.3 is 4.74 Å². The van der Waals surface area contributed by atoms with Gasteiger partial charge in [-0.3, -0.25) is 0 Å². The van der Waals surface area contributed by atoms with Gasteiger partial charge in [-0.05, 0) is 0 Å². The molecule has 1 rings (SSSR count). The number of pyridine rings is 1. The second-order valence-electron chi connectivity index (χ2n) is 2.95. The van der Waals surface area contributed by atoms with Gasteiger partial charge in [-0.15, -0.1) is 13.2 Å². The molecule has 10 heteroatoms. The molecule has 1 heterocycles. The lowest BCUT2D eigenvalue weighted by molar-refractivity contribution is -0.276. The molecule has 0 aliphatic carbocycles. The summed E-state index contributed by atoms with van der Waals surface area (Å²) in [6.45, 7) is 0. The number of alkyl halides is 7. The van der Waals surface area contributed by atoms with Crippen LogP contribution in [-0.2, 0) is 11.5 Å². The van der Waals surface area contributed by atoms with Crippen LogP contribution in [0, 0.1) is 5.95 Å². The first-order chi connectivity index (χ1) is 8.06. The third kappa shape index (κ3) is 3.47. The third-order valence-corrected chi connectivity index (χ3v) is 2.29. The van der Waals surface area contributed by atoms with Gasteiger partial charge in [0.05, 0.1) is 5.56 Å². The summed E-state index contributed by atoms with van der Waals surface area (Å²) in [6.07, 6.45) is -10.6. The van der Waals surface area contributed by atoms with Gasteiger partial charge in [0.2, 0.25) is 5.95 Å². The lowest BCUT2D eigenvalue weighted by atomic mass is 10.2. The molecule has 0 unspecified atom stereocenters. The van der Waals surface area contributed by atoms with Crippen LogP contribution >= 0.6 is 15.9 Å². The standard InChI is InChI=1S/C8H3BrF7NO/c9-1-3-5(18-8(14,15)16)4(7(11,12)13)2-17-6(3)10/h2H,1H2. The van der Waals surface area contributed by atoms with Crippen molar-refractivity contribution in [2.75, 3.05) is 0 Å². The van der Waals surface area contributed by atoms with E-state index in [1.807, 2.05) is 0 Å². The molecule has 0 radical (unpaired) electrons. The van der Waals surface area contributed by atoms with Gasteiger partial charge in [0, 0.05) is 11.5 Å². The zero-order chi connectivity index (χ0) is 14.1. The molecular formula is C8H3BrF7NO. The van der Waals surface area contributed by atoms with Crippen molar-refractivity contribution in [2.24, 2.45) is 0 Å². The van der Waals surface area contributed by atoms with Crippen molar-refractivity contribution >= 4 is 15.9 Å². The summed E-state index contributed by atoms with van der Waals surface area (Å²) >= 11 is 2.57. The normalized spacial score (nSPS) is 12.7. The Bertz CT molecular complexity index is 442. The topological polar surface area (TPSA) is 22.1 Å². The molecule has 0 aromatic carbocycles. The molecule has 1 aromatic rings. The van der Waals surface area contributed by atoms with E-state index in [1.54, 1.807) is 0 Å². The number of hydrogen-bond acceptors (Lipinski definition) is 2. The Labute approximate surface area is 104 Å². The van der Waals surface area contributed by atoms with Crippen LogP contribution in [0.5, 0.6) is 5.75 Å². The fourth-order valence-corrected chi connectivity index (χ4v) is 1.55. The second kappa shape index (κ2) is 4.90. The van der Waals surface area contributed by atoms with Crippen LogP contribution in [0.3, 0.4) is 0 Å². The smallest absolute Gasteiger partial charge is 0.405 e. The maximum Gasteiger partial charge on any atom is 0.573 e. The second-order valence-corrected chi connectivity index (χ2v) is 3.51. The first-order valence-corrected chi connectivity index (χ1v) is 5.24. The van der Waals surface area contributed by atoms with Crippen LogP contribution < -0.4 is 4.74 Å². The Balaban J connectivity index is 3.45. The lowest BCUT2D eigenvalue weighted by Crippen LogP contribution is -2.22. The SMILES string of the molecule is Fc1ncc(C(F)(F)F)c(OC(F)(F)F)c1CBr. The summed E-state index contributed by atoms with van der Waals surface area (Å²) in [5.41, 5.74) is -2.75. The molecule has 2 nitrogen and oxygen atoms in total. The highest BCUT2D eigenvalue weighted by molar-refractivity contribution is 9.08. The van der Waals surface area contributed by atoms with Crippen molar-refractivity contribution in [3.05, 3.63) is 23.3 Å². The van der Waals surface area contributed by atoms with Crippen molar-refractivity contribution in [2.45, 2.75) is 17.9 Å². The quantitative estimate of drug-likeness (QED) is 0.460. The largest absolute Gasteiger partial charge is 0.573 e. The van der Waals surface area contributed by atoms with E-state index < -0.39 is 40.7 Å². The predicted molar refractivity (Wildman–Crippen MR) is 48.5 cm³/mol. The van der Waals surface area contributed by atoms with Gasteiger partial charge in [0.1, 0.15) is 5.56 Å². The van der Waals surface area contributed by atoms with Crippen LogP contribution in [0.4, 0.5) is 30.7 Å². The molecule has 0 saturated carbocycles. The van der Waals surface area contributed by atoms with E-state index in [9.17, 15) is 30.7 Å². The fourth-order valence-electron chi connectivity index (χ4n) is 1.06. The number of halogens is 8. The van der Waals surface area contributed by atoms with Crippen molar-refractivity contribution in [3.63, 3.8) is 0 Å². The van der Waals surface area contributed by atoms with Crippen LogP contribution in [0.1, 0.15) is 11.1 Å². The minimum Gasteiger partial charge on any atom is -0.405 e. The van der Waals surface area contributed by atoms with Crippen LogP contribution in [0.15, 0.2) is 6.20 Å². The maximum absolute atomic E-state index is 13.0. The Hall–Kier alpha value is -1.06. The van der Waals surface area contributed by atoms with Gasteiger partial charge in [-0.1, -0.05) is 15.9 Å². The van der Waals surface area contributed by atoms with Crippen LogP contribution in [0.2, 0.25) is 0 Å². The van der Waals surface area contributed by atoms with Crippen LogP contribution in [0.25, 0.3) is 0 Å². The molecule has 0 aliphatic rings. The number of aromatic nitrogens is 1. The van der Waals surface area contributed by atoms with Crippen molar-refractivity contribution in [1.82, 2.24) is 4.98 Å². The molecule has 0 N–H and O–H groups in total. The average Bonchev–Trinajstić information content (AvgIpc) is 2.13. The van der Waals surface area contributed by atoms with E-state index in [1.165, 1.54) is 0 Å². The lowest BCUT2D eigenvalue weighted by Gasteiger charge is -2.17. The monoisotopic (exact) mass is 341 g/mol. The summed E-state index contributed by atoms with van der Waals surface area (Å²) in [5.74, 6) is -3.11. The highest BCUT2D eigenvalue weighted by atomic mass is 79.9. The predicted octanol–water partition coefficient (Wildman–Crippen LogP) is 4.03. The minimum atomic E-state index is -5.37. The number of nitrogens with zero attached hydrogens (tertiary/aromatic N) is 1. The average molecular weight is 342 g/mol. The molecule has 0 atom stereocenters. The van der Waals surface area contributed by atoms with Gasteiger partial charge in [-0.2, -0.15) is 17.6 Å². The molecule has 0 spiro atoms. The summed E-state index contributed by atoms with van der Waals surface area (Å²) < 4.78 is 89.6. The molecule has 0 aliphatic heterocycles. The van der Waals surface area contributed by atoms with Gasteiger partial charge >= 0.3 is 12.5 Å². The molecule has 0 bridgehead atoms. The number of rotatable bonds is 2. The highest BCUT2D eigenvalue weighted by Gasteiger charge is 2.41. The third-order valence-electron chi connectivity index (χ3n) is 1.73. The Morgan fingerprint density at radius 2 is 1.72 bits per heavy atom. The molecule has 1 aromatic heterocycles. The van der Waals surface area contributed by atoms with Crippen LogP contribution in [-0.4, -0.2) is 11.3 Å². The Morgan fingerprint density at radius 3 is 2.11 bits per heavy atom. The molecule has 18 heavy (non-hydrogen) atoms. The molecule has 0 saturated heterocycles. The molecule has 0 amide bonds. The van der Waals surface area contributed by atoms with E-state index in [0.717, 1.165) is 0 Å². The first kappa shape index (κ1) is 15.0. The zero-order valence-electron chi connectivity index (χ0n) is 8.16.